The van der Waals surface area contributed by atoms with E-state index in [-0.39, 0.29) is 23.6 Å². The summed E-state index contributed by atoms with van der Waals surface area (Å²) in [4.78, 5) is 29.7. The molecule has 0 spiro atoms. The monoisotopic (exact) mass is 288 g/mol. The number of hydrogen-bond donors (Lipinski definition) is 1. The Hall–Kier alpha value is -1.75. The summed E-state index contributed by atoms with van der Waals surface area (Å²) in [5.41, 5.74) is -0.219. The van der Waals surface area contributed by atoms with Crippen LogP contribution >= 0.6 is 0 Å². The molecule has 5 heteroatoms. The minimum Gasteiger partial charge on any atom is -0.388 e. The molecule has 1 N–H and O–H groups in total. The van der Waals surface area contributed by atoms with Crippen molar-refractivity contribution in [3.05, 3.63) is 29.6 Å². The number of imide groups is 1. The number of hydrogen-bond acceptors (Lipinski definition) is 4. The molecule has 5 nitrogen and oxygen atoms in total. The third-order valence-corrected chi connectivity index (χ3v) is 4.72. The number of nitrogens with zero attached hydrogens (tertiary/aromatic N) is 2. The van der Waals surface area contributed by atoms with Crippen LogP contribution in [0.4, 0.5) is 0 Å². The van der Waals surface area contributed by atoms with Gasteiger partial charge in [-0.2, -0.15) is 0 Å². The Morgan fingerprint density at radius 3 is 2.48 bits per heavy atom. The van der Waals surface area contributed by atoms with Gasteiger partial charge in [0.2, 0.25) is 0 Å². The van der Waals surface area contributed by atoms with Gasteiger partial charge in [0, 0.05) is 6.20 Å². The Bertz CT molecular complexity index is 564. The summed E-state index contributed by atoms with van der Waals surface area (Å²) in [6.45, 7) is 4.42. The van der Waals surface area contributed by atoms with Crippen molar-refractivity contribution < 1.29 is 14.7 Å². The maximum absolute atomic E-state index is 12.3. The number of carbonyl (C=O) groups excluding carboxylic acids is 2. The van der Waals surface area contributed by atoms with Crippen molar-refractivity contribution in [1.29, 1.82) is 0 Å². The molecule has 0 unspecified atom stereocenters. The van der Waals surface area contributed by atoms with Gasteiger partial charge >= 0.3 is 0 Å². The predicted octanol–water partition coefficient (Wildman–Crippen LogP) is 2.01. The van der Waals surface area contributed by atoms with E-state index in [1.807, 2.05) is 0 Å². The number of β-amino-alcohol motifs (C(OH)–C–C–N with tert-alkyl or cyclic N) is 1. The standard InChI is InChI=1S/C16H20N2O3/c1-15(2)5-7-16(21,8-6-15)10-18-13(19)11-4-3-9-17-12(11)14(18)20/h3-4,9,21H,5-8,10H2,1-2H3. The SMILES string of the molecule is CC1(C)CCC(O)(CN2C(=O)c3cccnc3C2=O)CC1. The molecular formula is C16H20N2O3. The summed E-state index contributed by atoms with van der Waals surface area (Å²) in [6, 6.07) is 3.25. The predicted molar refractivity (Wildman–Crippen MR) is 76.8 cm³/mol. The average Bonchev–Trinajstić information content (AvgIpc) is 2.69. The highest BCUT2D eigenvalue weighted by atomic mass is 16.3. The van der Waals surface area contributed by atoms with E-state index < -0.39 is 11.5 Å². The van der Waals surface area contributed by atoms with Crippen LogP contribution in [0.25, 0.3) is 0 Å². The molecule has 2 aliphatic rings. The van der Waals surface area contributed by atoms with Crippen LogP contribution in [0.2, 0.25) is 0 Å². The molecule has 1 aromatic heterocycles. The van der Waals surface area contributed by atoms with Crippen LogP contribution in [-0.2, 0) is 0 Å². The number of pyridine rings is 1. The summed E-state index contributed by atoms with van der Waals surface area (Å²) < 4.78 is 0. The topological polar surface area (TPSA) is 70.5 Å². The van der Waals surface area contributed by atoms with Crippen molar-refractivity contribution >= 4 is 11.8 Å². The summed E-state index contributed by atoms with van der Waals surface area (Å²) in [6.07, 6.45) is 4.52. The first kappa shape index (κ1) is 14.2. The van der Waals surface area contributed by atoms with Gasteiger partial charge in [0.1, 0.15) is 5.69 Å². The number of carbonyl (C=O) groups is 2. The summed E-state index contributed by atoms with van der Waals surface area (Å²) >= 11 is 0. The van der Waals surface area contributed by atoms with Crippen LogP contribution in [0.5, 0.6) is 0 Å². The fraction of sp³-hybridized carbons (Fsp3) is 0.562. The van der Waals surface area contributed by atoms with Crippen molar-refractivity contribution in [2.75, 3.05) is 6.54 Å². The first-order valence-electron chi connectivity index (χ1n) is 7.35. The lowest BCUT2D eigenvalue weighted by Crippen LogP contribution is -2.48. The molecule has 1 saturated carbocycles. The van der Waals surface area contributed by atoms with Crippen LogP contribution in [0.1, 0.15) is 60.4 Å². The van der Waals surface area contributed by atoms with Gasteiger partial charge in [-0.15, -0.1) is 0 Å². The van der Waals surface area contributed by atoms with Gasteiger partial charge in [0.25, 0.3) is 11.8 Å². The normalized spacial score (nSPS) is 23.3. The van der Waals surface area contributed by atoms with E-state index in [9.17, 15) is 14.7 Å². The molecule has 1 fully saturated rings. The molecular weight excluding hydrogens is 268 g/mol. The molecule has 2 amide bonds. The molecule has 0 saturated heterocycles. The number of rotatable bonds is 2. The minimum absolute atomic E-state index is 0.0666. The molecule has 3 rings (SSSR count). The van der Waals surface area contributed by atoms with E-state index in [4.69, 9.17) is 0 Å². The Labute approximate surface area is 124 Å². The van der Waals surface area contributed by atoms with Crippen molar-refractivity contribution in [2.45, 2.75) is 45.1 Å². The second-order valence-electron chi connectivity index (χ2n) is 6.98. The third kappa shape index (κ3) is 2.46. The van der Waals surface area contributed by atoms with E-state index in [0.29, 0.717) is 18.4 Å². The maximum Gasteiger partial charge on any atom is 0.280 e. The average molecular weight is 288 g/mol. The summed E-state index contributed by atoms with van der Waals surface area (Å²) in [5.74, 6) is -0.741. The van der Waals surface area contributed by atoms with Crippen LogP contribution in [0.3, 0.4) is 0 Å². The zero-order valence-electron chi connectivity index (χ0n) is 12.4. The highest BCUT2D eigenvalue weighted by Gasteiger charge is 2.44. The van der Waals surface area contributed by atoms with Crippen molar-refractivity contribution in [2.24, 2.45) is 5.41 Å². The number of fused-ring (bicyclic) bond motifs is 1. The van der Waals surface area contributed by atoms with Crippen molar-refractivity contribution in [3.63, 3.8) is 0 Å². The zero-order valence-corrected chi connectivity index (χ0v) is 12.4. The molecule has 0 radical (unpaired) electrons. The molecule has 1 aromatic rings. The second kappa shape index (κ2) is 4.63. The number of amides is 2. The Morgan fingerprint density at radius 1 is 1.19 bits per heavy atom. The van der Waals surface area contributed by atoms with E-state index in [1.165, 1.54) is 6.20 Å². The van der Waals surface area contributed by atoms with Gasteiger partial charge in [-0.25, -0.2) is 0 Å². The smallest absolute Gasteiger partial charge is 0.280 e. The molecule has 2 heterocycles. The van der Waals surface area contributed by atoms with Gasteiger partial charge in [-0.1, -0.05) is 13.8 Å². The second-order valence-corrected chi connectivity index (χ2v) is 6.98. The van der Waals surface area contributed by atoms with Crippen LogP contribution < -0.4 is 0 Å². The van der Waals surface area contributed by atoms with E-state index in [1.54, 1.807) is 12.1 Å². The fourth-order valence-electron chi connectivity index (χ4n) is 3.10. The lowest BCUT2D eigenvalue weighted by atomic mass is 9.71. The van der Waals surface area contributed by atoms with Crippen LogP contribution in [0.15, 0.2) is 18.3 Å². The highest BCUT2D eigenvalue weighted by molar-refractivity contribution is 6.20. The minimum atomic E-state index is -0.969. The Balaban J connectivity index is 1.78. The zero-order chi connectivity index (χ0) is 15.3. The van der Waals surface area contributed by atoms with E-state index in [0.717, 1.165) is 17.7 Å². The number of aromatic nitrogens is 1. The van der Waals surface area contributed by atoms with E-state index in [2.05, 4.69) is 18.8 Å². The van der Waals surface area contributed by atoms with Gasteiger partial charge in [-0.3, -0.25) is 19.5 Å². The maximum atomic E-state index is 12.3. The van der Waals surface area contributed by atoms with Gasteiger partial charge in [0.05, 0.1) is 17.7 Å². The van der Waals surface area contributed by atoms with Crippen LogP contribution in [-0.4, -0.2) is 39.0 Å². The fourth-order valence-corrected chi connectivity index (χ4v) is 3.10. The van der Waals surface area contributed by atoms with Gasteiger partial charge in [-0.05, 0) is 43.2 Å². The first-order valence-corrected chi connectivity index (χ1v) is 7.35. The van der Waals surface area contributed by atoms with Crippen molar-refractivity contribution in [1.82, 2.24) is 9.88 Å². The van der Waals surface area contributed by atoms with E-state index >= 15 is 0 Å². The largest absolute Gasteiger partial charge is 0.388 e. The van der Waals surface area contributed by atoms with Crippen LogP contribution in [0, 0.1) is 5.41 Å². The molecule has 112 valence electrons. The Kier molecular flexibility index (Phi) is 3.13. The summed E-state index contributed by atoms with van der Waals surface area (Å²) in [7, 11) is 0. The molecule has 0 aromatic carbocycles. The van der Waals surface area contributed by atoms with Gasteiger partial charge in [0.15, 0.2) is 0 Å². The molecule has 1 aliphatic carbocycles. The molecule has 1 aliphatic heterocycles. The summed E-state index contributed by atoms with van der Waals surface area (Å²) in [5, 5.41) is 10.7. The molecule has 0 bridgehead atoms. The van der Waals surface area contributed by atoms with Crippen molar-refractivity contribution in [3.8, 4) is 0 Å². The van der Waals surface area contributed by atoms with Gasteiger partial charge < -0.3 is 5.11 Å². The first-order chi connectivity index (χ1) is 9.81. The highest BCUT2D eigenvalue weighted by Crippen LogP contribution is 2.41. The quantitative estimate of drug-likeness (QED) is 0.845. The Morgan fingerprint density at radius 2 is 1.86 bits per heavy atom. The third-order valence-electron chi connectivity index (χ3n) is 4.72. The number of aliphatic hydroxyl groups is 1. The lowest BCUT2D eigenvalue weighted by Gasteiger charge is -2.41. The lowest BCUT2D eigenvalue weighted by molar-refractivity contribution is -0.0406. The molecule has 0 atom stereocenters. The molecule has 21 heavy (non-hydrogen) atoms.